The van der Waals surface area contributed by atoms with Gasteiger partial charge >= 0.3 is 7.12 Å². The molecule has 6 saturated heterocycles. The maximum atomic E-state index is 6.27. The first kappa shape index (κ1) is 70.2. The first-order chi connectivity index (χ1) is 48.1. The van der Waals surface area contributed by atoms with Crippen molar-refractivity contribution in [3.63, 3.8) is 0 Å². The standard InChI is InChI=1S/C22H23BrN6O2.C18H25BN2O3.C18H15BrClN5O.C6H6BrCl2N3.C4H9NO/c23-17-14-25-29-19(12-20(26-22(17)29)27-7-10-30-11-8-27)15-4-3-5-18-16(15)13-24-28(18)21-6-1-2-9-31-21;1-17(2)18(3,4)24-19(23-17)14-8-7-9-15-13(14)12-20-21(15)16-10-5-6-11-22-16;19-13-10-22-25-15(8-16(20)23-18(13)25)11-4-3-5-14-12(11)9-21-24(14)17-6-1-2-7-26-17;7-3-2-10-12-5(9)1-4(8)11-6(3)12;1-3-6-4-2-5-1/h3-5,12-14,21H,1-2,6-11H2;7-9,12,16H,5-6,10-11H2,1-4H3;3-5,8-10,17H,1-2,6-7H2;2,4-5,11H,1H2;5H,1-4H2. The number of benzene rings is 3. The van der Waals surface area contributed by atoms with E-state index < -0.39 is 0 Å². The molecule has 522 valence electrons. The third-order valence-electron chi connectivity index (χ3n) is 19.0. The maximum absolute atomic E-state index is 6.27. The monoisotopic (exact) mass is 1600 g/mol. The van der Waals surface area contributed by atoms with Gasteiger partial charge in [-0.2, -0.15) is 30.6 Å². The number of nitrogens with one attached hydrogen (secondary N) is 2. The van der Waals surface area contributed by atoms with E-state index in [4.69, 9.17) is 77.9 Å². The molecule has 5 unspecified atom stereocenters. The first-order valence-electron chi connectivity index (χ1n) is 33.8. The molecule has 24 nitrogen and oxygen atoms in total. The second-order valence-corrected chi connectivity index (χ2v) is 30.0. The fraction of sp³-hybridized carbons (Fsp3) is 0.471. The van der Waals surface area contributed by atoms with Crippen molar-refractivity contribution in [2.45, 2.75) is 133 Å². The summed E-state index contributed by atoms with van der Waals surface area (Å²) in [6, 6.07) is 22.6. The lowest BCUT2D eigenvalue weighted by molar-refractivity contribution is -0.0367. The van der Waals surface area contributed by atoms with E-state index in [1.807, 2.05) is 55.4 Å². The van der Waals surface area contributed by atoms with Crippen LogP contribution < -0.4 is 21.0 Å². The van der Waals surface area contributed by atoms with Crippen LogP contribution in [0.1, 0.15) is 116 Å². The van der Waals surface area contributed by atoms with Crippen LogP contribution >= 0.6 is 82.6 Å². The summed E-state index contributed by atoms with van der Waals surface area (Å²) in [5.74, 6) is 1.79. The zero-order chi connectivity index (χ0) is 68.4. The Labute approximate surface area is 613 Å². The van der Waals surface area contributed by atoms with Crippen LogP contribution in [-0.2, 0) is 33.0 Å². The van der Waals surface area contributed by atoms with Gasteiger partial charge in [-0.25, -0.2) is 37.7 Å². The lowest BCUT2D eigenvalue weighted by Crippen LogP contribution is -2.41. The molecule has 0 spiro atoms. The molecule has 31 heteroatoms. The zero-order valence-electron chi connectivity index (χ0n) is 55.5. The number of fused-ring (bicyclic) bond motifs is 6. The highest BCUT2D eigenvalue weighted by Gasteiger charge is 2.52. The van der Waals surface area contributed by atoms with E-state index in [0.717, 1.165) is 196 Å². The molecule has 0 radical (unpaired) electrons. The molecule has 0 saturated carbocycles. The summed E-state index contributed by atoms with van der Waals surface area (Å²) in [6.45, 7) is 17.6. The maximum Gasteiger partial charge on any atom is 0.495 e. The van der Waals surface area contributed by atoms with E-state index in [0.29, 0.717) is 30.4 Å². The molecule has 0 amide bonds. The molecule has 15 heterocycles. The number of rotatable bonds is 7. The lowest BCUT2D eigenvalue weighted by Gasteiger charge is -2.32. The molecule has 0 aliphatic carbocycles. The van der Waals surface area contributed by atoms with Gasteiger partial charge in [0.15, 0.2) is 30.0 Å². The number of aromatic nitrogens is 14. The minimum Gasteiger partial charge on any atom is -0.399 e. The van der Waals surface area contributed by atoms with Crippen LogP contribution in [0.15, 0.2) is 117 Å². The summed E-state index contributed by atoms with van der Waals surface area (Å²) >= 11 is 28.6. The van der Waals surface area contributed by atoms with Crippen molar-refractivity contribution in [1.29, 1.82) is 0 Å². The average molecular weight is 1600 g/mol. The Balaban J connectivity index is 0.000000113. The molecule has 11 aromatic rings. The van der Waals surface area contributed by atoms with Crippen molar-refractivity contribution >= 4 is 151 Å². The van der Waals surface area contributed by atoms with Crippen molar-refractivity contribution in [3.8, 4) is 22.5 Å². The highest BCUT2D eigenvalue weighted by molar-refractivity contribution is 9.11. The number of hydrogen-bond donors (Lipinski definition) is 2. The highest BCUT2D eigenvalue weighted by atomic mass is 79.9. The fourth-order valence-electron chi connectivity index (χ4n) is 13.1. The molecule has 6 fully saturated rings. The van der Waals surface area contributed by atoms with E-state index in [1.165, 1.54) is 12.8 Å². The predicted molar refractivity (Wildman–Crippen MR) is 395 cm³/mol. The van der Waals surface area contributed by atoms with Crippen LogP contribution in [0.2, 0.25) is 5.15 Å². The summed E-state index contributed by atoms with van der Waals surface area (Å²) in [7, 11) is -0.372. The van der Waals surface area contributed by atoms with Crippen LogP contribution in [-0.4, -0.2) is 165 Å². The topological polar surface area (TPSA) is 224 Å². The van der Waals surface area contributed by atoms with E-state index in [-0.39, 0.29) is 48.0 Å². The summed E-state index contributed by atoms with van der Waals surface area (Å²) in [5.41, 5.74) is 8.72. The van der Waals surface area contributed by atoms with Crippen LogP contribution in [0.4, 0.5) is 11.6 Å². The lowest BCUT2D eigenvalue weighted by atomic mass is 9.77. The molecule has 0 bridgehead atoms. The highest BCUT2D eigenvalue weighted by Crippen LogP contribution is 2.41. The second kappa shape index (κ2) is 31.0. The van der Waals surface area contributed by atoms with Gasteiger partial charge in [-0.15, -0.1) is 0 Å². The SMILES string of the molecule is Brc1cnn2c(-c3cccc4c3cnn4C3CCCCO3)cc(N3CCOCC3)nc12.C1COCCN1.CC1(C)OB(c2cccc3c2cnn3C2CCCCO2)OC1(C)C.ClC1CC(Cl)n2ncc(Br)c2N1.Clc1cc(-c2cccc3c2cnn3C2CCCCO2)n2ncc(Br)c2n1. The molecule has 18 rings (SSSR count). The Bertz CT molecular complexity index is 4570. The molecule has 2 N–H and O–H groups in total. The number of halogens is 6. The van der Waals surface area contributed by atoms with Crippen molar-refractivity contribution in [3.05, 3.63) is 122 Å². The molecular weight excluding hydrogens is 1520 g/mol. The third kappa shape index (κ3) is 15.0. The Morgan fingerprint density at radius 1 is 0.525 bits per heavy atom. The van der Waals surface area contributed by atoms with Gasteiger partial charge in [0.1, 0.15) is 27.8 Å². The predicted octanol–water partition coefficient (Wildman–Crippen LogP) is 14.3. The quantitative estimate of drug-likeness (QED) is 0.0655. The molecule has 99 heavy (non-hydrogen) atoms. The van der Waals surface area contributed by atoms with Gasteiger partial charge in [0.05, 0.1) is 116 Å². The van der Waals surface area contributed by atoms with Crippen LogP contribution in [0, 0.1) is 0 Å². The Morgan fingerprint density at radius 3 is 1.51 bits per heavy atom. The van der Waals surface area contributed by atoms with Gasteiger partial charge in [-0.1, -0.05) is 71.2 Å². The number of alkyl halides is 2. The van der Waals surface area contributed by atoms with E-state index in [1.54, 1.807) is 27.8 Å². The fourth-order valence-corrected chi connectivity index (χ4v) is 15.1. The number of anilines is 2. The van der Waals surface area contributed by atoms with E-state index in [9.17, 15) is 0 Å². The first-order valence-corrected chi connectivity index (χ1v) is 37.4. The normalized spacial score (nSPS) is 22.2. The third-order valence-corrected chi connectivity index (χ3v) is 21.5. The Kier molecular flexibility index (Phi) is 22.0. The van der Waals surface area contributed by atoms with Crippen molar-refractivity contribution in [2.24, 2.45) is 0 Å². The number of morpholine rings is 2. The van der Waals surface area contributed by atoms with Gasteiger partial charge in [-0.3, -0.25) is 0 Å². The molecule has 5 atom stereocenters. The average Bonchev–Trinajstić information content (AvgIpc) is 1.67. The summed E-state index contributed by atoms with van der Waals surface area (Å²) < 4.78 is 54.8. The molecule has 8 aromatic heterocycles. The van der Waals surface area contributed by atoms with Crippen LogP contribution in [0.3, 0.4) is 0 Å². The molecule has 7 aliphatic heterocycles. The molecule has 7 aliphatic rings. The second-order valence-electron chi connectivity index (χ2n) is 26.0. The summed E-state index contributed by atoms with van der Waals surface area (Å²) in [6.07, 6.45) is 21.5. The van der Waals surface area contributed by atoms with E-state index >= 15 is 0 Å². The van der Waals surface area contributed by atoms with Crippen molar-refractivity contribution in [1.82, 2.24) is 73.6 Å². The number of hydrogen-bond acceptors (Lipinski definition) is 18. The molecular formula is C68H78BBr3Cl3N17O7. The Hall–Kier alpha value is -5.83. The minimum absolute atomic E-state index is 0.00159. The van der Waals surface area contributed by atoms with Crippen LogP contribution in [0.5, 0.6) is 0 Å². The van der Waals surface area contributed by atoms with Crippen molar-refractivity contribution in [2.75, 3.05) is 82.6 Å². The minimum atomic E-state index is -0.372. The van der Waals surface area contributed by atoms with Gasteiger partial charge in [0.25, 0.3) is 0 Å². The molecule has 3 aromatic carbocycles. The van der Waals surface area contributed by atoms with E-state index in [2.05, 4.69) is 170 Å². The van der Waals surface area contributed by atoms with Gasteiger partial charge in [0, 0.05) is 91.8 Å². The largest absolute Gasteiger partial charge is 0.495 e. The summed E-state index contributed by atoms with van der Waals surface area (Å²) in [4.78, 5) is 11.5. The zero-order valence-corrected chi connectivity index (χ0v) is 62.5. The number of ether oxygens (including phenoxy) is 5. The van der Waals surface area contributed by atoms with Crippen LogP contribution in [0.25, 0.3) is 66.5 Å². The Morgan fingerprint density at radius 2 is 1.00 bits per heavy atom. The van der Waals surface area contributed by atoms with Crippen molar-refractivity contribution < 1.29 is 33.0 Å². The van der Waals surface area contributed by atoms with Gasteiger partial charge in [0.2, 0.25) is 0 Å². The smallest absolute Gasteiger partial charge is 0.399 e. The van der Waals surface area contributed by atoms with Gasteiger partial charge < -0.3 is 48.5 Å². The number of nitrogens with zero attached hydrogens (tertiary/aromatic N) is 15. The summed E-state index contributed by atoms with van der Waals surface area (Å²) in [5, 5.41) is 36.9. The van der Waals surface area contributed by atoms with Gasteiger partial charge in [-0.05, 0) is 157 Å².